The molecule has 0 bridgehead atoms. The molecule has 16 heteroatoms. The van der Waals surface area contributed by atoms with Gasteiger partial charge in [-0.05, 0) is 45.9 Å². The van der Waals surface area contributed by atoms with Crippen LogP contribution in [0, 0.1) is 17.5 Å². The van der Waals surface area contributed by atoms with Crippen LogP contribution in [0.5, 0.6) is 0 Å². The number of likely N-dealkylation sites (N-methyl/N-ethyl adjacent to an activating group) is 1. The zero-order chi connectivity index (χ0) is 32.6. The SMILES string of the molecule is CN1CCN(C(=O)C2=NC(C(F)(F)F)=C3CNCC(C(=O)CC(Cc4cc(F)c(F)cc4F)NC(=O)OC(C)(C)C)[N+]23)CC1. The van der Waals surface area contributed by atoms with Crippen molar-refractivity contribution in [2.75, 3.05) is 46.3 Å². The molecule has 1 radical (unpaired) electrons. The minimum atomic E-state index is -4.92. The highest BCUT2D eigenvalue weighted by Gasteiger charge is 2.58. The van der Waals surface area contributed by atoms with E-state index in [1.807, 2.05) is 11.9 Å². The Morgan fingerprint density at radius 3 is 2.32 bits per heavy atom. The predicted molar refractivity (Wildman–Crippen MR) is 146 cm³/mol. The number of carbonyl (C=O) groups excluding carboxylic acids is 3. The molecule has 44 heavy (non-hydrogen) atoms. The maximum Gasteiger partial charge on any atom is 0.439 e. The number of alkyl halides is 3. The highest BCUT2D eigenvalue weighted by molar-refractivity contribution is 6.40. The van der Waals surface area contributed by atoms with E-state index in [0.717, 1.165) is 4.90 Å². The van der Waals surface area contributed by atoms with Gasteiger partial charge in [0.05, 0.1) is 13.1 Å². The summed E-state index contributed by atoms with van der Waals surface area (Å²) in [5.41, 5.74) is -3.01. The second-order valence-electron chi connectivity index (χ2n) is 11.9. The Hall–Kier alpha value is -3.50. The zero-order valence-electron chi connectivity index (χ0n) is 24.7. The van der Waals surface area contributed by atoms with E-state index < -0.39 is 89.2 Å². The molecule has 3 aliphatic heterocycles. The lowest BCUT2D eigenvalue weighted by Crippen LogP contribution is -2.62. The molecule has 2 N–H and O–H groups in total. The summed E-state index contributed by atoms with van der Waals surface area (Å²) in [5.74, 6) is -5.94. The van der Waals surface area contributed by atoms with E-state index in [0.29, 0.717) is 25.2 Å². The minimum Gasteiger partial charge on any atom is -0.444 e. The molecule has 2 atom stereocenters. The molecular weight excluding hydrogens is 598 g/mol. The number of ether oxygens (including phenoxy) is 1. The van der Waals surface area contributed by atoms with Crippen LogP contribution in [0.3, 0.4) is 0 Å². The van der Waals surface area contributed by atoms with Gasteiger partial charge in [0.2, 0.25) is 17.4 Å². The first-order valence-corrected chi connectivity index (χ1v) is 14.0. The largest absolute Gasteiger partial charge is 0.444 e. The Labute approximate surface area is 250 Å². The van der Waals surface area contributed by atoms with Gasteiger partial charge in [0.25, 0.3) is 0 Å². The van der Waals surface area contributed by atoms with Gasteiger partial charge < -0.3 is 25.2 Å². The fourth-order valence-corrected chi connectivity index (χ4v) is 5.19. The molecule has 0 saturated carbocycles. The van der Waals surface area contributed by atoms with Crippen LogP contribution >= 0.6 is 0 Å². The van der Waals surface area contributed by atoms with E-state index in [4.69, 9.17) is 4.74 Å². The summed E-state index contributed by atoms with van der Waals surface area (Å²) in [7, 11) is 1.84. The average Bonchev–Trinajstić information content (AvgIpc) is 3.31. The molecule has 2 amide bonds. The number of ketones is 1. The van der Waals surface area contributed by atoms with Gasteiger partial charge in [0.15, 0.2) is 17.4 Å². The predicted octanol–water partition coefficient (Wildman–Crippen LogP) is 2.57. The van der Waals surface area contributed by atoms with Crippen molar-refractivity contribution >= 4 is 23.6 Å². The molecule has 0 aliphatic carbocycles. The van der Waals surface area contributed by atoms with E-state index in [9.17, 15) is 40.7 Å². The monoisotopic (exact) mass is 632 g/mol. The van der Waals surface area contributed by atoms with Crippen LogP contribution in [0.2, 0.25) is 0 Å². The quantitative estimate of drug-likeness (QED) is 0.272. The summed E-state index contributed by atoms with van der Waals surface area (Å²) in [4.78, 5) is 47.8. The molecule has 2 saturated heterocycles. The van der Waals surface area contributed by atoms with E-state index in [1.54, 1.807) is 20.8 Å². The van der Waals surface area contributed by atoms with Crippen LogP contribution in [0.15, 0.2) is 28.5 Å². The highest BCUT2D eigenvalue weighted by atomic mass is 19.4. The molecule has 1 aromatic rings. The fraction of sp³-hybridized carbons (Fsp3) is 0.571. The van der Waals surface area contributed by atoms with Crippen molar-refractivity contribution in [1.82, 2.24) is 25.3 Å². The molecule has 10 nitrogen and oxygen atoms in total. The Bertz CT molecular complexity index is 1370. The number of benzene rings is 1. The molecule has 3 aliphatic rings. The third kappa shape index (κ3) is 7.77. The Morgan fingerprint density at radius 1 is 1.07 bits per heavy atom. The number of hydrogen-bond acceptors (Lipinski definition) is 8. The van der Waals surface area contributed by atoms with Crippen LogP contribution in [0.4, 0.5) is 31.1 Å². The number of fused-ring (bicyclic) bond motifs is 1. The number of amides is 2. The number of nitrogens with one attached hydrogen (secondary N) is 2. The second kappa shape index (κ2) is 12.9. The lowest BCUT2D eigenvalue weighted by atomic mass is 9.95. The van der Waals surface area contributed by atoms with Crippen molar-refractivity contribution < 1.29 is 45.5 Å². The molecule has 2 fully saturated rings. The minimum absolute atomic E-state index is 0.165. The number of hydrogen-bond donors (Lipinski definition) is 2. The maximum atomic E-state index is 14.5. The molecule has 4 rings (SSSR count). The van der Waals surface area contributed by atoms with Crippen LogP contribution < -0.4 is 15.5 Å². The molecule has 241 valence electrons. The number of piperazine rings is 2. The molecule has 2 unspecified atom stereocenters. The van der Waals surface area contributed by atoms with Gasteiger partial charge in [0, 0.05) is 44.7 Å². The standard InChI is InChI=1S/C28H34F6N6O4/c1-27(2,3)44-26(43)36-16(9-15-10-18(30)19(31)12-17(15)29)11-22(41)20-13-35-14-21-23(28(32,33)34)37-24(40(20)21)25(42)39-7-5-38(4)6-8-39/h10,12,16,20,35H,5-9,11,13-14H2,1-4H3,(H,36,43)/q+1. The first-order valence-electron chi connectivity index (χ1n) is 14.0. The van der Waals surface area contributed by atoms with Crippen molar-refractivity contribution in [3.63, 3.8) is 0 Å². The topological polar surface area (TPSA) is 109 Å². The smallest absolute Gasteiger partial charge is 0.439 e. The van der Waals surface area contributed by atoms with Gasteiger partial charge in [-0.2, -0.15) is 18.2 Å². The number of aliphatic imine (C=N–C) groups is 1. The normalized spacial score (nSPS) is 20.7. The van der Waals surface area contributed by atoms with Crippen molar-refractivity contribution in [3.05, 3.63) is 46.5 Å². The zero-order valence-corrected chi connectivity index (χ0v) is 24.7. The van der Waals surface area contributed by atoms with Crippen molar-refractivity contribution in [1.29, 1.82) is 0 Å². The Morgan fingerprint density at radius 2 is 1.70 bits per heavy atom. The number of rotatable bonds is 7. The maximum absolute atomic E-state index is 14.5. The van der Waals surface area contributed by atoms with Gasteiger partial charge in [-0.15, -0.1) is 0 Å². The molecule has 0 spiro atoms. The van der Waals surface area contributed by atoms with Crippen LogP contribution in [-0.4, -0.2) is 104 Å². The van der Waals surface area contributed by atoms with Gasteiger partial charge in [-0.1, -0.05) is 4.90 Å². The third-order valence-corrected chi connectivity index (χ3v) is 7.30. The van der Waals surface area contributed by atoms with E-state index in [-0.39, 0.29) is 31.7 Å². The fourth-order valence-electron chi connectivity index (χ4n) is 5.19. The van der Waals surface area contributed by atoms with Crippen molar-refractivity contribution in [2.24, 2.45) is 4.99 Å². The summed E-state index contributed by atoms with van der Waals surface area (Å²) in [5, 5.41) is 5.19. The van der Waals surface area contributed by atoms with Crippen LogP contribution in [-0.2, 0) is 20.7 Å². The summed E-state index contributed by atoms with van der Waals surface area (Å²) in [6.45, 7) is 5.73. The number of alkyl carbamates (subject to hydrolysis) is 1. The lowest BCUT2D eigenvalue weighted by Gasteiger charge is -2.33. The first kappa shape index (κ1) is 33.4. The third-order valence-electron chi connectivity index (χ3n) is 7.30. The number of Topliss-reactive ketones (excluding diaryl/α,β-unsaturated/α-hetero) is 1. The molecular formula is C28H34F6N6O4+. The van der Waals surface area contributed by atoms with Crippen LogP contribution in [0.1, 0.15) is 32.8 Å². The Balaban J connectivity index is 1.63. The summed E-state index contributed by atoms with van der Waals surface area (Å²) >= 11 is 0. The lowest BCUT2D eigenvalue weighted by molar-refractivity contribution is -0.126. The number of halogens is 6. The first-order chi connectivity index (χ1) is 20.4. The van der Waals surface area contributed by atoms with Crippen molar-refractivity contribution in [2.45, 2.75) is 57.5 Å². The Kier molecular flexibility index (Phi) is 9.75. The second-order valence-corrected chi connectivity index (χ2v) is 11.9. The number of carbonyl (C=O) groups is 3. The molecule has 0 aromatic heterocycles. The molecule has 3 heterocycles. The van der Waals surface area contributed by atoms with Gasteiger partial charge in [-0.25, -0.2) is 18.0 Å². The summed E-state index contributed by atoms with van der Waals surface area (Å²) in [6, 6.07) is -1.68. The van der Waals surface area contributed by atoms with Crippen LogP contribution in [0.25, 0.3) is 0 Å². The number of nitrogens with zero attached hydrogens (tertiary/aromatic N) is 4. The van der Waals surface area contributed by atoms with Gasteiger partial charge >= 0.3 is 24.0 Å². The van der Waals surface area contributed by atoms with Crippen molar-refractivity contribution in [3.8, 4) is 0 Å². The van der Waals surface area contributed by atoms with E-state index in [1.165, 1.54) is 4.90 Å². The summed E-state index contributed by atoms with van der Waals surface area (Å²) in [6.07, 6.45) is -6.97. The van der Waals surface area contributed by atoms with Gasteiger partial charge in [-0.3, -0.25) is 9.59 Å². The van der Waals surface area contributed by atoms with E-state index >= 15 is 0 Å². The summed E-state index contributed by atoms with van der Waals surface area (Å²) < 4.78 is 89.3. The molecule has 1 aromatic carbocycles. The average molecular weight is 633 g/mol. The highest BCUT2D eigenvalue weighted by Crippen LogP contribution is 2.36. The van der Waals surface area contributed by atoms with E-state index in [2.05, 4.69) is 15.6 Å². The van der Waals surface area contributed by atoms with Gasteiger partial charge in [0.1, 0.15) is 11.4 Å². The number of allylic oxidation sites excluding steroid dienone is 1. The number of amidine groups is 1.